The molecule has 0 saturated carbocycles. The van der Waals surface area contributed by atoms with Gasteiger partial charge in [-0.1, -0.05) is 29.3 Å². The number of anilines is 2. The molecule has 2 N–H and O–H groups in total. The fraction of sp³-hybridized carbons (Fsp3) is 0.429. The number of carbonyl (C=O) groups is 4. The number of imide groups is 1. The summed E-state index contributed by atoms with van der Waals surface area (Å²) in [5, 5.41) is 17.4. The van der Waals surface area contributed by atoms with Gasteiger partial charge >= 0.3 is 6.03 Å². The minimum Gasteiger partial charge on any atom is -0.486 e. The van der Waals surface area contributed by atoms with Crippen LogP contribution in [0.2, 0.25) is 10.0 Å². The molecule has 2 aromatic carbocycles. The number of hydrogen-bond donors (Lipinski definition) is 2. The van der Waals surface area contributed by atoms with Crippen LogP contribution in [0.1, 0.15) is 62.2 Å². The van der Waals surface area contributed by atoms with E-state index in [4.69, 9.17) is 32.9 Å². The highest BCUT2D eigenvalue weighted by atomic mass is 35.5. The fourth-order valence-corrected chi connectivity index (χ4v) is 11.6. The molecule has 4 aromatic heterocycles. The molecule has 1 atom stereocenters. The third-order valence-corrected chi connectivity index (χ3v) is 15.3. The molecule has 0 bridgehead atoms. The molecule has 5 aliphatic heterocycles. The van der Waals surface area contributed by atoms with Crippen LogP contribution in [0.4, 0.5) is 16.4 Å². The maximum atomic E-state index is 13.6. The van der Waals surface area contributed by atoms with E-state index in [9.17, 15) is 19.2 Å². The van der Waals surface area contributed by atoms with E-state index in [0.29, 0.717) is 59.3 Å². The van der Waals surface area contributed by atoms with Crippen molar-refractivity contribution in [3.63, 3.8) is 0 Å². The molecule has 5 aliphatic rings. The second kappa shape index (κ2) is 17.7. The third kappa shape index (κ3) is 8.27. The van der Waals surface area contributed by atoms with Crippen LogP contribution in [0.5, 0.6) is 5.75 Å². The third-order valence-electron chi connectivity index (χ3n) is 14.7. The van der Waals surface area contributed by atoms with Gasteiger partial charge in [-0.3, -0.25) is 44.3 Å². The van der Waals surface area contributed by atoms with Gasteiger partial charge < -0.3 is 19.4 Å². The Morgan fingerprint density at radius 3 is 2.35 bits per heavy atom. The fourth-order valence-electron chi connectivity index (χ4n) is 10.9. The summed E-state index contributed by atoms with van der Waals surface area (Å²) < 4.78 is 8.04. The standard InChI is InChI=1S/C49H52Cl2N12O5/c1-29(44-37(50)22-52-23-38(44)51)68-34-5-7-39-36(20-34)45(56-55-39)33-4-8-41(53-21-33)61-25-49(26-61)27-62(28-49)47(66)31-9-14-59(15-10-31)24-43(65)60-16-11-30(12-17-60)32-3-6-35-40(19-32)58(2)57-46(35)63-18-13-42(64)54-48(63)67/h3-8,19-23,29-31H,9-18,24-28H2,1-2H3,(H,55,56)(H,54,64,67)/t29-/m1/s1. The quantitative estimate of drug-likeness (QED) is 0.152. The van der Waals surface area contributed by atoms with Gasteiger partial charge in [0, 0.05) is 111 Å². The average Bonchev–Trinajstić information content (AvgIpc) is 3.88. The van der Waals surface area contributed by atoms with Crippen LogP contribution in [-0.4, -0.2) is 134 Å². The molecule has 5 fully saturated rings. The molecular formula is C49H52Cl2N12O5. The van der Waals surface area contributed by atoms with Crippen molar-refractivity contribution in [1.29, 1.82) is 0 Å². The minimum absolute atomic E-state index is 0.00327. The van der Waals surface area contributed by atoms with E-state index in [-0.39, 0.29) is 35.5 Å². The van der Waals surface area contributed by atoms with E-state index in [1.807, 2.05) is 66.4 Å². The number of aryl methyl sites for hydroxylation is 1. The number of rotatable bonds is 10. The lowest BCUT2D eigenvalue weighted by Gasteiger charge is -2.61. The monoisotopic (exact) mass is 958 g/mol. The molecule has 9 heterocycles. The zero-order valence-electron chi connectivity index (χ0n) is 38.0. The van der Waals surface area contributed by atoms with Crippen molar-refractivity contribution < 1.29 is 23.9 Å². The molecule has 1 spiro atoms. The van der Waals surface area contributed by atoms with E-state index in [2.05, 4.69) is 47.5 Å². The van der Waals surface area contributed by atoms with Gasteiger partial charge in [0.2, 0.25) is 17.7 Å². The van der Waals surface area contributed by atoms with Gasteiger partial charge in [0.25, 0.3) is 0 Å². The number of urea groups is 1. The highest BCUT2D eigenvalue weighted by Crippen LogP contribution is 2.43. The Morgan fingerprint density at radius 2 is 1.63 bits per heavy atom. The number of pyridine rings is 2. The smallest absolute Gasteiger partial charge is 0.329 e. The SMILES string of the molecule is C[C@@H](Oc1ccc2[nH]nc(-c3ccc(N4CC5(CN(C(=O)C6CCN(CC(=O)N7CCC(c8ccc9c(N%10CCC(=O)NC%10=O)nn(C)c9c8)CC7)CC6)C5)C4)nc3)c2c1)c1c(Cl)cncc1Cl. The second-order valence-corrected chi connectivity index (χ2v) is 20.0. The first-order valence-electron chi connectivity index (χ1n) is 23.4. The zero-order chi connectivity index (χ0) is 46.8. The molecule has 0 unspecified atom stereocenters. The number of hydrogen-bond acceptors (Lipinski definition) is 11. The largest absolute Gasteiger partial charge is 0.486 e. The van der Waals surface area contributed by atoms with Crippen LogP contribution >= 0.6 is 23.2 Å². The number of carbonyl (C=O) groups excluding carboxylic acids is 4. The van der Waals surface area contributed by atoms with Crippen molar-refractivity contribution in [1.82, 2.24) is 50.0 Å². The van der Waals surface area contributed by atoms with Crippen molar-refractivity contribution in [3.8, 4) is 17.0 Å². The van der Waals surface area contributed by atoms with Gasteiger partial charge in [0.15, 0.2) is 5.82 Å². The van der Waals surface area contributed by atoms with Crippen molar-refractivity contribution in [2.24, 2.45) is 18.4 Å². The minimum atomic E-state index is -0.447. The predicted octanol–water partition coefficient (Wildman–Crippen LogP) is 6.57. The average molecular weight is 960 g/mol. The van der Waals surface area contributed by atoms with E-state index < -0.39 is 12.1 Å². The summed E-state index contributed by atoms with van der Waals surface area (Å²) in [5.41, 5.74) is 5.46. The first-order chi connectivity index (χ1) is 32.9. The Kier molecular flexibility index (Phi) is 11.5. The lowest BCUT2D eigenvalue weighted by Crippen LogP contribution is -2.73. The maximum absolute atomic E-state index is 13.6. The van der Waals surface area contributed by atoms with Crippen LogP contribution < -0.4 is 19.9 Å². The number of fused-ring (bicyclic) bond motifs is 2. The zero-order valence-corrected chi connectivity index (χ0v) is 39.5. The van der Waals surface area contributed by atoms with Gasteiger partial charge in [-0.15, -0.1) is 0 Å². The number of aromatic nitrogens is 6. The van der Waals surface area contributed by atoms with Gasteiger partial charge in [0.05, 0.1) is 27.6 Å². The summed E-state index contributed by atoms with van der Waals surface area (Å²) in [5.74, 6) is 2.55. The number of likely N-dealkylation sites (tertiary alicyclic amines) is 3. The second-order valence-electron chi connectivity index (χ2n) is 19.2. The highest BCUT2D eigenvalue weighted by molar-refractivity contribution is 6.35. The van der Waals surface area contributed by atoms with Crippen molar-refractivity contribution in [2.75, 3.05) is 75.2 Å². The van der Waals surface area contributed by atoms with Crippen LogP contribution in [0.25, 0.3) is 33.1 Å². The molecule has 352 valence electrons. The van der Waals surface area contributed by atoms with E-state index >= 15 is 0 Å². The lowest BCUT2D eigenvalue weighted by atomic mass is 9.72. The normalized spacial score (nSPS) is 19.6. The van der Waals surface area contributed by atoms with Gasteiger partial charge in [-0.2, -0.15) is 10.2 Å². The number of nitrogens with zero attached hydrogens (tertiary/aromatic N) is 10. The topological polar surface area (TPSA) is 178 Å². The number of H-pyrrole nitrogens is 1. The number of halogens is 2. The summed E-state index contributed by atoms with van der Waals surface area (Å²) in [6, 6.07) is 15.7. The molecule has 5 amide bonds. The molecule has 19 heteroatoms. The Morgan fingerprint density at radius 1 is 0.868 bits per heavy atom. The Hall–Kier alpha value is -6.30. The van der Waals surface area contributed by atoms with E-state index in [1.165, 1.54) is 10.5 Å². The highest BCUT2D eigenvalue weighted by Gasteiger charge is 2.54. The molecule has 0 radical (unpaired) electrons. The summed E-state index contributed by atoms with van der Waals surface area (Å²) in [6.45, 7) is 8.74. The van der Waals surface area contributed by atoms with Gasteiger partial charge in [0.1, 0.15) is 23.4 Å². The number of piperidine rings is 2. The van der Waals surface area contributed by atoms with Crippen molar-refractivity contribution in [3.05, 3.63) is 88.3 Å². The van der Waals surface area contributed by atoms with Crippen LogP contribution in [-0.2, 0) is 21.4 Å². The number of ether oxygens (including phenoxy) is 1. The lowest BCUT2D eigenvalue weighted by molar-refractivity contribution is -0.151. The predicted molar refractivity (Wildman–Crippen MR) is 258 cm³/mol. The molecule has 17 nitrogen and oxygen atoms in total. The number of nitrogens with one attached hydrogen (secondary N) is 2. The maximum Gasteiger partial charge on any atom is 0.329 e. The van der Waals surface area contributed by atoms with Crippen molar-refractivity contribution in [2.45, 2.75) is 51.0 Å². The van der Waals surface area contributed by atoms with Crippen LogP contribution in [0.3, 0.4) is 0 Å². The summed E-state index contributed by atoms with van der Waals surface area (Å²) >= 11 is 12.8. The molecule has 68 heavy (non-hydrogen) atoms. The Labute approximate surface area is 402 Å². The summed E-state index contributed by atoms with van der Waals surface area (Å²) in [6.07, 6.45) is 8.10. The molecule has 11 rings (SSSR count). The molecule has 5 saturated heterocycles. The summed E-state index contributed by atoms with van der Waals surface area (Å²) in [7, 11) is 1.87. The van der Waals surface area contributed by atoms with Crippen LogP contribution in [0, 0.1) is 11.3 Å². The van der Waals surface area contributed by atoms with Gasteiger partial charge in [-0.25, -0.2) is 9.78 Å². The molecule has 0 aliphatic carbocycles. The summed E-state index contributed by atoms with van der Waals surface area (Å²) in [4.78, 5) is 70.2. The molecule has 6 aromatic rings. The Bertz CT molecular complexity index is 2930. The number of amides is 5. The first-order valence-corrected chi connectivity index (χ1v) is 24.2. The van der Waals surface area contributed by atoms with Gasteiger partial charge in [-0.05, 0) is 99.6 Å². The van der Waals surface area contributed by atoms with E-state index in [0.717, 1.165) is 104 Å². The van der Waals surface area contributed by atoms with Crippen LogP contribution in [0.15, 0.2) is 67.1 Å². The first kappa shape index (κ1) is 44.2. The molecular weight excluding hydrogens is 908 g/mol. The van der Waals surface area contributed by atoms with Crippen molar-refractivity contribution >= 4 is 80.4 Å². The Balaban J connectivity index is 0.616. The number of aromatic amines is 1. The number of benzene rings is 2. The van der Waals surface area contributed by atoms with E-state index in [1.54, 1.807) is 17.1 Å².